The lowest BCUT2D eigenvalue weighted by molar-refractivity contribution is 0.149. The molecule has 0 heterocycles. The van der Waals surface area contributed by atoms with E-state index in [4.69, 9.17) is 5.11 Å². The lowest BCUT2D eigenvalue weighted by Crippen LogP contribution is -2.20. The van der Waals surface area contributed by atoms with Crippen LogP contribution >= 0.6 is 0 Å². The van der Waals surface area contributed by atoms with Crippen LogP contribution in [0, 0.1) is 11.3 Å². The average molecular weight is 172 g/mol. The van der Waals surface area contributed by atoms with Gasteiger partial charge in [-0.15, -0.1) is 0 Å². The Morgan fingerprint density at radius 2 is 1.67 bits per heavy atom. The molecule has 0 rings (SSSR count). The molecule has 0 aromatic carbocycles. The zero-order valence-electron chi connectivity index (χ0n) is 9.06. The van der Waals surface area contributed by atoms with Crippen LogP contribution in [0.3, 0.4) is 0 Å². The molecule has 0 aliphatic carbocycles. The Balaban J connectivity index is 3.99. The van der Waals surface area contributed by atoms with E-state index in [0.717, 1.165) is 6.42 Å². The molecular weight excluding hydrogens is 148 g/mol. The molecule has 0 aliphatic heterocycles. The van der Waals surface area contributed by atoms with Crippen LogP contribution in [0.15, 0.2) is 0 Å². The number of hydrogen-bond acceptors (Lipinski definition) is 1. The zero-order valence-corrected chi connectivity index (χ0v) is 9.06. The maximum absolute atomic E-state index is 9.08. The summed E-state index contributed by atoms with van der Waals surface area (Å²) >= 11 is 0. The molecule has 0 aliphatic rings. The summed E-state index contributed by atoms with van der Waals surface area (Å²) in [5, 5.41) is 9.08. The van der Waals surface area contributed by atoms with Crippen LogP contribution in [0.25, 0.3) is 0 Å². The summed E-state index contributed by atoms with van der Waals surface area (Å²) in [6.07, 6.45) is 4.72. The molecule has 1 unspecified atom stereocenters. The van der Waals surface area contributed by atoms with Crippen molar-refractivity contribution in [2.75, 3.05) is 6.61 Å². The van der Waals surface area contributed by atoms with Gasteiger partial charge < -0.3 is 5.11 Å². The second kappa shape index (κ2) is 5.58. The summed E-state index contributed by atoms with van der Waals surface area (Å²) in [5.41, 5.74) is 0.448. The van der Waals surface area contributed by atoms with Crippen molar-refractivity contribution in [3.63, 3.8) is 0 Å². The number of rotatable bonds is 6. The Morgan fingerprint density at radius 3 is 1.92 bits per heavy atom. The van der Waals surface area contributed by atoms with Crippen molar-refractivity contribution in [3.8, 4) is 0 Å². The van der Waals surface area contributed by atoms with E-state index in [1.165, 1.54) is 19.3 Å². The fraction of sp³-hybridized carbons (Fsp3) is 1.00. The van der Waals surface area contributed by atoms with E-state index in [9.17, 15) is 0 Å². The molecule has 1 atom stereocenters. The summed E-state index contributed by atoms with van der Waals surface area (Å²) in [6.45, 7) is 9.32. The first-order chi connectivity index (χ1) is 5.61. The number of aliphatic hydroxyl groups is 1. The van der Waals surface area contributed by atoms with Crippen LogP contribution in [0.1, 0.15) is 53.4 Å². The van der Waals surface area contributed by atoms with Gasteiger partial charge in [0.15, 0.2) is 0 Å². The Hall–Kier alpha value is -0.0400. The molecule has 1 nitrogen and oxygen atoms in total. The second-order valence-corrected chi connectivity index (χ2v) is 4.18. The van der Waals surface area contributed by atoms with Crippen molar-refractivity contribution in [2.24, 2.45) is 11.3 Å². The quantitative estimate of drug-likeness (QED) is 0.652. The van der Waals surface area contributed by atoms with E-state index < -0.39 is 0 Å². The van der Waals surface area contributed by atoms with Crippen molar-refractivity contribution in [1.82, 2.24) is 0 Å². The van der Waals surface area contributed by atoms with Crippen molar-refractivity contribution in [3.05, 3.63) is 0 Å². The summed E-state index contributed by atoms with van der Waals surface area (Å²) in [6, 6.07) is 0. The molecular formula is C11H24O. The SMILES string of the molecule is CCC(CO)CC(C)(CC)CC. The molecule has 74 valence electrons. The fourth-order valence-corrected chi connectivity index (χ4v) is 1.57. The van der Waals surface area contributed by atoms with Crippen LogP contribution in [0.4, 0.5) is 0 Å². The normalized spacial score (nSPS) is 14.8. The van der Waals surface area contributed by atoms with Crippen LogP contribution in [-0.4, -0.2) is 11.7 Å². The van der Waals surface area contributed by atoms with Crippen molar-refractivity contribution < 1.29 is 5.11 Å². The van der Waals surface area contributed by atoms with Gasteiger partial charge in [0.05, 0.1) is 0 Å². The molecule has 0 saturated carbocycles. The van der Waals surface area contributed by atoms with Gasteiger partial charge in [0.25, 0.3) is 0 Å². The number of aliphatic hydroxyl groups excluding tert-OH is 1. The van der Waals surface area contributed by atoms with E-state index in [0.29, 0.717) is 17.9 Å². The van der Waals surface area contributed by atoms with Gasteiger partial charge in [0, 0.05) is 6.61 Å². The molecule has 0 fully saturated rings. The third-order valence-electron chi connectivity index (χ3n) is 3.32. The molecule has 0 aromatic rings. The van der Waals surface area contributed by atoms with Crippen molar-refractivity contribution in [2.45, 2.75) is 53.4 Å². The Morgan fingerprint density at radius 1 is 1.17 bits per heavy atom. The summed E-state index contributed by atoms with van der Waals surface area (Å²) in [5.74, 6) is 0.509. The van der Waals surface area contributed by atoms with E-state index in [2.05, 4.69) is 27.7 Å². The first-order valence-corrected chi connectivity index (χ1v) is 5.22. The lowest BCUT2D eigenvalue weighted by atomic mass is 9.76. The van der Waals surface area contributed by atoms with Gasteiger partial charge in [0.1, 0.15) is 0 Å². The minimum atomic E-state index is 0.353. The summed E-state index contributed by atoms with van der Waals surface area (Å²) in [7, 11) is 0. The minimum absolute atomic E-state index is 0.353. The molecule has 0 radical (unpaired) electrons. The minimum Gasteiger partial charge on any atom is -0.396 e. The van der Waals surface area contributed by atoms with E-state index in [1.807, 2.05) is 0 Å². The zero-order chi connectivity index (χ0) is 9.61. The van der Waals surface area contributed by atoms with Crippen LogP contribution in [0.2, 0.25) is 0 Å². The molecule has 1 N–H and O–H groups in total. The first-order valence-electron chi connectivity index (χ1n) is 5.22. The van der Waals surface area contributed by atoms with Crippen LogP contribution in [0.5, 0.6) is 0 Å². The molecule has 0 saturated heterocycles. The van der Waals surface area contributed by atoms with Crippen molar-refractivity contribution >= 4 is 0 Å². The topological polar surface area (TPSA) is 20.2 Å². The van der Waals surface area contributed by atoms with Crippen LogP contribution in [-0.2, 0) is 0 Å². The second-order valence-electron chi connectivity index (χ2n) is 4.18. The van der Waals surface area contributed by atoms with Gasteiger partial charge in [-0.05, 0) is 17.8 Å². The highest BCUT2D eigenvalue weighted by Crippen LogP contribution is 2.33. The first kappa shape index (κ1) is 12.0. The van der Waals surface area contributed by atoms with Gasteiger partial charge in [-0.25, -0.2) is 0 Å². The summed E-state index contributed by atoms with van der Waals surface area (Å²) in [4.78, 5) is 0. The highest BCUT2D eigenvalue weighted by Gasteiger charge is 2.23. The van der Waals surface area contributed by atoms with Crippen LogP contribution < -0.4 is 0 Å². The van der Waals surface area contributed by atoms with Gasteiger partial charge in [-0.3, -0.25) is 0 Å². The fourth-order valence-electron chi connectivity index (χ4n) is 1.57. The van der Waals surface area contributed by atoms with E-state index in [1.54, 1.807) is 0 Å². The Bertz CT molecular complexity index is 102. The highest BCUT2D eigenvalue weighted by molar-refractivity contribution is 4.74. The number of hydrogen-bond donors (Lipinski definition) is 1. The maximum atomic E-state index is 9.08. The van der Waals surface area contributed by atoms with E-state index >= 15 is 0 Å². The van der Waals surface area contributed by atoms with Gasteiger partial charge >= 0.3 is 0 Å². The largest absolute Gasteiger partial charge is 0.396 e. The molecule has 0 bridgehead atoms. The average Bonchev–Trinajstić information content (AvgIpc) is 2.14. The molecule has 0 aromatic heterocycles. The van der Waals surface area contributed by atoms with Gasteiger partial charge in [0.2, 0.25) is 0 Å². The third kappa shape index (κ3) is 3.57. The van der Waals surface area contributed by atoms with Gasteiger partial charge in [-0.1, -0.05) is 47.0 Å². The lowest BCUT2D eigenvalue weighted by Gasteiger charge is -2.30. The smallest absolute Gasteiger partial charge is 0.0459 e. The predicted octanol–water partition coefficient (Wildman–Crippen LogP) is 3.22. The summed E-state index contributed by atoms with van der Waals surface area (Å²) < 4.78 is 0. The predicted molar refractivity (Wildman–Crippen MR) is 54.2 cm³/mol. The Labute approximate surface area is 77.2 Å². The van der Waals surface area contributed by atoms with Gasteiger partial charge in [-0.2, -0.15) is 0 Å². The monoisotopic (exact) mass is 172 g/mol. The van der Waals surface area contributed by atoms with E-state index in [-0.39, 0.29) is 0 Å². The highest BCUT2D eigenvalue weighted by atomic mass is 16.3. The molecule has 0 spiro atoms. The standard InChI is InChI=1S/C11H24O/c1-5-10(9-12)8-11(4,6-2)7-3/h10,12H,5-9H2,1-4H3. The molecule has 1 heteroatoms. The third-order valence-corrected chi connectivity index (χ3v) is 3.32. The molecule has 12 heavy (non-hydrogen) atoms. The maximum Gasteiger partial charge on any atom is 0.0459 e. The van der Waals surface area contributed by atoms with Crippen molar-refractivity contribution in [1.29, 1.82) is 0 Å². The molecule has 0 amide bonds. The Kier molecular flexibility index (Phi) is 5.56.